The van der Waals surface area contributed by atoms with Crippen LogP contribution in [0.3, 0.4) is 0 Å². The fourth-order valence-electron chi connectivity index (χ4n) is 3.19. The summed E-state index contributed by atoms with van der Waals surface area (Å²) in [5.74, 6) is -0.517. The fourth-order valence-corrected chi connectivity index (χ4v) is 3.19. The second kappa shape index (κ2) is 9.58. The molecule has 1 heterocycles. The van der Waals surface area contributed by atoms with Gasteiger partial charge in [0.15, 0.2) is 0 Å². The maximum Gasteiger partial charge on any atom is 0.273 e. The van der Waals surface area contributed by atoms with Crippen LogP contribution in [0.15, 0.2) is 54.2 Å². The molecule has 0 unspecified atom stereocenters. The molecule has 2 aromatic carbocycles. The van der Waals surface area contributed by atoms with Gasteiger partial charge in [0.2, 0.25) is 0 Å². The molecule has 1 amide bonds. The van der Waals surface area contributed by atoms with E-state index in [4.69, 9.17) is 4.74 Å². The van der Waals surface area contributed by atoms with Crippen LogP contribution in [0, 0.1) is 27.3 Å². The van der Waals surface area contributed by atoms with E-state index in [1.54, 1.807) is 17.0 Å². The number of nitrogens with zero attached hydrogens (tertiary/aromatic N) is 4. The minimum atomic E-state index is -0.544. The number of nitro groups is 1. The molecule has 0 atom stereocenters. The number of hydrogen-bond acceptors (Lipinski definition) is 7. The van der Waals surface area contributed by atoms with Crippen molar-refractivity contribution in [2.24, 2.45) is 0 Å². The van der Waals surface area contributed by atoms with E-state index in [9.17, 15) is 24.6 Å². The number of amides is 1. The van der Waals surface area contributed by atoms with Crippen LogP contribution in [-0.4, -0.2) is 49.0 Å². The van der Waals surface area contributed by atoms with Crippen LogP contribution < -0.4 is 15.0 Å². The number of carbonyl (C=O) groups is 1. The Morgan fingerprint density at radius 2 is 1.90 bits per heavy atom. The van der Waals surface area contributed by atoms with Gasteiger partial charge in [-0.25, -0.2) is 4.39 Å². The van der Waals surface area contributed by atoms with E-state index in [-0.39, 0.29) is 22.8 Å². The number of carbonyl (C=O) groups excluding carboxylic acids is 1. The first-order valence-electron chi connectivity index (χ1n) is 9.42. The Morgan fingerprint density at radius 3 is 2.48 bits per heavy atom. The van der Waals surface area contributed by atoms with Crippen LogP contribution in [0.1, 0.15) is 0 Å². The quantitative estimate of drug-likeness (QED) is 0.328. The van der Waals surface area contributed by atoms with Crippen molar-refractivity contribution in [2.45, 2.75) is 0 Å². The molecule has 0 radical (unpaired) electrons. The predicted octanol–water partition coefficient (Wildman–Crippen LogP) is 2.91. The third-order valence-electron chi connectivity index (χ3n) is 4.88. The zero-order valence-corrected chi connectivity index (χ0v) is 16.7. The number of nitrogens with one attached hydrogen (secondary N) is 1. The second-order valence-corrected chi connectivity index (χ2v) is 6.71. The summed E-state index contributed by atoms with van der Waals surface area (Å²) in [7, 11) is 1.37. The van der Waals surface area contributed by atoms with Crippen LogP contribution in [0.4, 0.5) is 21.5 Å². The Balaban J connectivity index is 1.65. The summed E-state index contributed by atoms with van der Waals surface area (Å²) in [6, 6.07) is 12.0. The molecule has 1 fully saturated rings. The highest BCUT2D eigenvalue weighted by atomic mass is 19.1. The number of anilines is 2. The van der Waals surface area contributed by atoms with E-state index >= 15 is 0 Å². The SMILES string of the molecule is COc1cc([N+](=O)[O-])ccc1N/C=C(/C#N)C(=O)N1CCN(c2ccc(F)cc2)CC1. The van der Waals surface area contributed by atoms with E-state index in [1.807, 2.05) is 11.0 Å². The molecule has 2 aromatic rings. The molecule has 1 N–H and O–H groups in total. The van der Waals surface area contributed by atoms with Crippen molar-refractivity contribution in [1.29, 1.82) is 5.26 Å². The van der Waals surface area contributed by atoms with E-state index in [1.165, 1.54) is 43.6 Å². The average molecular weight is 425 g/mol. The molecule has 3 rings (SSSR count). The monoisotopic (exact) mass is 425 g/mol. The molecule has 1 saturated heterocycles. The Kier molecular flexibility index (Phi) is 6.67. The third kappa shape index (κ3) is 5.08. The number of hydrogen-bond donors (Lipinski definition) is 1. The minimum absolute atomic E-state index is 0.101. The average Bonchev–Trinajstić information content (AvgIpc) is 2.79. The van der Waals surface area contributed by atoms with Gasteiger partial charge in [0.25, 0.3) is 11.6 Å². The zero-order valence-electron chi connectivity index (χ0n) is 16.7. The van der Waals surface area contributed by atoms with E-state index < -0.39 is 10.8 Å². The lowest BCUT2D eigenvalue weighted by Gasteiger charge is -2.36. The molecule has 0 saturated carbocycles. The van der Waals surface area contributed by atoms with Crippen LogP contribution in [-0.2, 0) is 4.79 Å². The highest BCUT2D eigenvalue weighted by Gasteiger charge is 2.24. The van der Waals surface area contributed by atoms with Gasteiger partial charge in [0, 0.05) is 44.1 Å². The van der Waals surface area contributed by atoms with Crippen molar-refractivity contribution >= 4 is 23.0 Å². The minimum Gasteiger partial charge on any atom is -0.494 e. The van der Waals surface area contributed by atoms with Gasteiger partial charge in [0.1, 0.15) is 23.2 Å². The Labute approximate surface area is 178 Å². The molecular weight excluding hydrogens is 405 g/mol. The number of piperazine rings is 1. The number of rotatable bonds is 6. The molecule has 1 aliphatic heterocycles. The van der Waals surface area contributed by atoms with Crippen LogP contribution in [0.25, 0.3) is 0 Å². The van der Waals surface area contributed by atoms with Crippen molar-refractivity contribution < 1.29 is 18.8 Å². The summed E-state index contributed by atoms with van der Waals surface area (Å²) in [4.78, 5) is 26.7. The summed E-state index contributed by atoms with van der Waals surface area (Å²) < 4.78 is 18.2. The van der Waals surface area contributed by atoms with Gasteiger partial charge in [-0.3, -0.25) is 14.9 Å². The molecule has 31 heavy (non-hydrogen) atoms. The first kappa shape index (κ1) is 21.6. The zero-order chi connectivity index (χ0) is 22.4. The molecule has 9 nitrogen and oxygen atoms in total. The highest BCUT2D eigenvalue weighted by Crippen LogP contribution is 2.29. The number of halogens is 1. The first-order valence-corrected chi connectivity index (χ1v) is 9.42. The largest absolute Gasteiger partial charge is 0.494 e. The first-order chi connectivity index (χ1) is 14.9. The fraction of sp³-hybridized carbons (Fsp3) is 0.238. The molecule has 0 bridgehead atoms. The number of ether oxygens (including phenoxy) is 1. The number of non-ortho nitro benzene ring substituents is 1. The lowest BCUT2D eigenvalue weighted by molar-refractivity contribution is -0.384. The maximum absolute atomic E-state index is 13.1. The third-order valence-corrected chi connectivity index (χ3v) is 4.88. The Hall–Kier alpha value is -4.13. The van der Waals surface area contributed by atoms with Gasteiger partial charge in [-0.05, 0) is 30.3 Å². The number of nitriles is 1. The molecule has 0 aliphatic carbocycles. The number of methoxy groups -OCH3 is 1. The Morgan fingerprint density at radius 1 is 1.23 bits per heavy atom. The lowest BCUT2D eigenvalue weighted by Crippen LogP contribution is -2.49. The number of benzene rings is 2. The van der Waals surface area contributed by atoms with Crippen LogP contribution >= 0.6 is 0 Å². The van der Waals surface area contributed by atoms with Gasteiger partial charge in [-0.2, -0.15) is 5.26 Å². The summed E-state index contributed by atoms with van der Waals surface area (Å²) in [6.45, 7) is 1.94. The van der Waals surface area contributed by atoms with Crippen molar-refractivity contribution in [1.82, 2.24) is 4.90 Å². The highest BCUT2D eigenvalue weighted by molar-refractivity contribution is 5.97. The molecular formula is C21H20FN5O4. The molecule has 0 aromatic heterocycles. The molecule has 1 aliphatic rings. The normalized spacial score (nSPS) is 14.0. The summed E-state index contributed by atoms with van der Waals surface area (Å²) in [6.07, 6.45) is 1.26. The van der Waals surface area contributed by atoms with Gasteiger partial charge < -0.3 is 19.9 Å². The van der Waals surface area contributed by atoms with Crippen molar-refractivity contribution in [3.05, 3.63) is 70.2 Å². The standard InChI is InChI=1S/C21H20FN5O4/c1-31-20-12-18(27(29)30)6-7-19(20)24-14-15(13-23)21(28)26-10-8-25(9-11-26)17-4-2-16(22)3-5-17/h2-7,12,14,24H,8-11H2,1H3/b15-14-. The van der Waals surface area contributed by atoms with E-state index in [0.29, 0.717) is 31.9 Å². The maximum atomic E-state index is 13.1. The second-order valence-electron chi connectivity index (χ2n) is 6.71. The topological polar surface area (TPSA) is 112 Å². The van der Waals surface area contributed by atoms with Crippen molar-refractivity contribution in [3.8, 4) is 11.8 Å². The molecule has 0 spiro atoms. The van der Waals surface area contributed by atoms with Crippen molar-refractivity contribution in [3.63, 3.8) is 0 Å². The Bertz CT molecular complexity index is 1040. The summed E-state index contributed by atoms with van der Waals surface area (Å²) in [5.41, 5.74) is 1.02. The predicted molar refractivity (Wildman–Crippen MR) is 112 cm³/mol. The van der Waals surface area contributed by atoms with Crippen LogP contribution in [0.2, 0.25) is 0 Å². The van der Waals surface area contributed by atoms with Gasteiger partial charge in [-0.1, -0.05) is 0 Å². The number of nitro benzene ring substituents is 1. The van der Waals surface area contributed by atoms with E-state index in [2.05, 4.69) is 5.32 Å². The van der Waals surface area contributed by atoms with Gasteiger partial charge >= 0.3 is 0 Å². The molecule has 160 valence electrons. The summed E-state index contributed by atoms with van der Waals surface area (Å²) in [5, 5.41) is 23.1. The smallest absolute Gasteiger partial charge is 0.273 e. The van der Waals surface area contributed by atoms with Gasteiger partial charge in [0.05, 0.1) is 23.8 Å². The van der Waals surface area contributed by atoms with Crippen LogP contribution in [0.5, 0.6) is 5.75 Å². The summed E-state index contributed by atoms with van der Waals surface area (Å²) >= 11 is 0. The molecule has 10 heteroatoms. The van der Waals surface area contributed by atoms with Crippen molar-refractivity contribution in [2.75, 3.05) is 43.5 Å². The van der Waals surface area contributed by atoms with Gasteiger partial charge in [-0.15, -0.1) is 0 Å². The van der Waals surface area contributed by atoms with E-state index in [0.717, 1.165) is 5.69 Å². The lowest BCUT2D eigenvalue weighted by atomic mass is 10.2.